The minimum Gasteiger partial charge on any atom is -0.497 e. The van der Waals surface area contributed by atoms with Gasteiger partial charge in [0, 0.05) is 0 Å². The molecule has 1 aromatic rings. The minimum atomic E-state index is -0.700. The van der Waals surface area contributed by atoms with Gasteiger partial charge in [-0.25, -0.2) is 0 Å². The van der Waals surface area contributed by atoms with Crippen LogP contribution in [0.5, 0.6) is 5.75 Å². The van der Waals surface area contributed by atoms with Gasteiger partial charge in [-0.3, -0.25) is 4.79 Å². The van der Waals surface area contributed by atoms with Crippen molar-refractivity contribution >= 4 is 5.97 Å². The first-order valence-corrected chi connectivity index (χ1v) is 6.55. The fourth-order valence-corrected chi connectivity index (χ4v) is 3.31. The summed E-state index contributed by atoms with van der Waals surface area (Å²) in [5.74, 6) is 0.360. The van der Waals surface area contributed by atoms with Gasteiger partial charge in [0.2, 0.25) is 0 Å². The third kappa shape index (κ3) is 1.78. The van der Waals surface area contributed by atoms with Crippen molar-refractivity contribution in [3.05, 3.63) is 29.3 Å². The van der Waals surface area contributed by atoms with E-state index in [1.165, 1.54) is 24.0 Å². The first kappa shape index (κ1) is 11.6. The van der Waals surface area contributed by atoms with Crippen molar-refractivity contribution in [3.63, 3.8) is 0 Å². The summed E-state index contributed by atoms with van der Waals surface area (Å²) < 4.78 is 5.30. The molecule has 2 aliphatic carbocycles. The third-order valence-electron chi connectivity index (χ3n) is 4.52. The number of benzene rings is 1. The van der Waals surface area contributed by atoms with Crippen molar-refractivity contribution in [1.29, 1.82) is 0 Å². The molecule has 1 atom stereocenters. The van der Waals surface area contributed by atoms with Gasteiger partial charge in [0.25, 0.3) is 0 Å². The standard InChI is InChI=1S/C15H18O3/c1-18-11-2-3-12-10(8-14(16)17)4-5-15(6-7-15)13(12)9-11/h2-3,9-10H,4-8H2,1H3,(H,16,17). The molecule has 1 fully saturated rings. The average Bonchev–Trinajstić information content (AvgIpc) is 3.13. The molecule has 3 rings (SSSR count). The number of rotatable bonds is 3. The lowest BCUT2D eigenvalue weighted by Gasteiger charge is -2.31. The maximum absolute atomic E-state index is 11.0. The molecule has 18 heavy (non-hydrogen) atoms. The number of hydrogen-bond donors (Lipinski definition) is 1. The number of ether oxygens (including phenoxy) is 1. The predicted molar refractivity (Wildman–Crippen MR) is 68.1 cm³/mol. The van der Waals surface area contributed by atoms with Crippen LogP contribution in [0.4, 0.5) is 0 Å². The zero-order valence-electron chi connectivity index (χ0n) is 10.6. The molecule has 1 unspecified atom stereocenters. The summed E-state index contributed by atoms with van der Waals surface area (Å²) in [7, 11) is 1.68. The van der Waals surface area contributed by atoms with Crippen molar-refractivity contribution in [2.24, 2.45) is 0 Å². The van der Waals surface area contributed by atoms with Crippen LogP contribution in [0, 0.1) is 0 Å². The summed E-state index contributed by atoms with van der Waals surface area (Å²) in [6.07, 6.45) is 4.87. The van der Waals surface area contributed by atoms with E-state index in [1.54, 1.807) is 7.11 Å². The molecule has 1 spiro atoms. The van der Waals surface area contributed by atoms with E-state index in [4.69, 9.17) is 9.84 Å². The van der Waals surface area contributed by atoms with Crippen LogP contribution in [0.15, 0.2) is 18.2 Å². The van der Waals surface area contributed by atoms with Gasteiger partial charge < -0.3 is 9.84 Å². The van der Waals surface area contributed by atoms with Crippen molar-refractivity contribution in [2.75, 3.05) is 7.11 Å². The van der Waals surface area contributed by atoms with Gasteiger partial charge in [-0.1, -0.05) is 6.07 Å². The van der Waals surface area contributed by atoms with Crippen molar-refractivity contribution in [1.82, 2.24) is 0 Å². The van der Waals surface area contributed by atoms with E-state index in [-0.39, 0.29) is 12.3 Å². The lowest BCUT2D eigenvalue weighted by molar-refractivity contribution is -0.137. The summed E-state index contributed by atoms with van der Waals surface area (Å²) >= 11 is 0. The molecular weight excluding hydrogens is 228 g/mol. The molecule has 0 bridgehead atoms. The van der Waals surface area contributed by atoms with Crippen molar-refractivity contribution in [2.45, 2.75) is 43.4 Å². The van der Waals surface area contributed by atoms with E-state index in [0.29, 0.717) is 5.41 Å². The maximum atomic E-state index is 11.0. The lowest BCUT2D eigenvalue weighted by Crippen LogP contribution is -2.21. The smallest absolute Gasteiger partial charge is 0.303 e. The second-order valence-electron chi connectivity index (χ2n) is 5.57. The molecule has 0 amide bonds. The highest BCUT2D eigenvalue weighted by atomic mass is 16.5. The minimum absolute atomic E-state index is 0.176. The second kappa shape index (κ2) is 4.01. The molecule has 0 aliphatic heterocycles. The van der Waals surface area contributed by atoms with Gasteiger partial charge in [0.15, 0.2) is 0 Å². The SMILES string of the molecule is COc1ccc2c(c1)C1(CCC2CC(=O)O)CC1. The van der Waals surface area contributed by atoms with E-state index in [2.05, 4.69) is 12.1 Å². The highest BCUT2D eigenvalue weighted by Gasteiger charge is 2.48. The van der Waals surface area contributed by atoms with E-state index >= 15 is 0 Å². The fourth-order valence-electron chi connectivity index (χ4n) is 3.31. The third-order valence-corrected chi connectivity index (χ3v) is 4.52. The van der Waals surface area contributed by atoms with Gasteiger partial charge in [-0.2, -0.15) is 0 Å². The van der Waals surface area contributed by atoms with Crippen LogP contribution in [-0.4, -0.2) is 18.2 Å². The number of fused-ring (bicyclic) bond motifs is 2. The van der Waals surface area contributed by atoms with E-state index in [1.807, 2.05) is 6.07 Å². The molecule has 1 aromatic carbocycles. The van der Waals surface area contributed by atoms with Gasteiger partial charge in [-0.15, -0.1) is 0 Å². The number of methoxy groups -OCH3 is 1. The zero-order chi connectivity index (χ0) is 12.8. The monoisotopic (exact) mass is 246 g/mol. The van der Waals surface area contributed by atoms with E-state index in [0.717, 1.165) is 18.6 Å². The quantitative estimate of drug-likeness (QED) is 0.891. The molecule has 96 valence electrons. The first-order valence-electron chi connectivity index (χ1n) is 6.55. The first-order chi connectivity index (χ1) is 8.64. The van der Waals surface area contributed by atoms with Gasteiger partial charge in [0.1, 0.15) is 5.75 Å². The lowest BCUT2D eigenvalue weighted by atomic mass is 9.73. The largest absolute Gasteiger partial charge is 0.497 e. The highest BCUT2D eigenvalue weighted by molar-refractivity contribution is 5.68. The molecule has 0 aromatic heterocycles. The number of carboxylic acids is 1. The average molecular weight is 246 g/mol. The Kier molecular flexibility index (Phi) is 2.58. The zero-order valence-corrected chi connectivity index (χ0v) is 10.6. The second-order valence-corrected chi connectivity index (χ2v) is 5.57. The molecule has 2 aliphatic rings. The summed E-state index contributed by atoms with van der Waals surface area (Å²) in [4.78, 5) is 11.0. The number of carboxylic acid groups (broad SMARTS) is 1. The normalized spacial score (nSPS) is 23.5. The topological polar surface area (TPSA) is 46.5 Å². The number of hydrogen-bond acceptors (Lipinski definition) is 2. The summed E-state index contributed by atoms with van der Waals surface area (Å²) in [5.41, 5.74) is 2.93. The molecule has 0 radical (unpaired) electrons. The van der Waals surface area contributed by atoms with Crippen LogP contribution in [0.3, 0.4) is 0 Å². The predicted octanol–water partition coefficient (Wildman–Crippen LogP) is 3.08. The van der Waals surface area contributed by atoms with Crippen LogP contribution in [0.25, 0.3) is 0 Å². The Bertz CT molecular complexity index is 489. The van der Waals surface area contributed by atoms with Crippen LogP contribution in [0.2, 0.25) is 0 Å². The summed E-state index contributed by atoms with van der Waals surface area (Å²) in [6.45, 7) is 0. The van der Waals surface area contributed by atoms with E-state index < -0.39 is 5.97 Å². The van der Waals surface area contributed by atoms with Crippen LogP contribution in [-0.2, 0) is 10.2 Å². The van der Waals surface area contributed by atoms with Gasteiger partial charge >= 0.3 is 5.97 Å². The Labute approximate surface area is 107 Å². The highest BCUT2D eigenvalue weighted by Crippen LogP contribution is 2.58. The molecule has 3 heteroatoms. The molecule has 1 saturated carbocycles. The maximum Gasteiger partial charge on any atom is 0.303 e. The summed E-state index contributed by atoms with van der Waals surface area (Å²) in [5, 5.41) is 9.01. The van der Waals surface area contributed by atoms with Gasteiger partial charge in [0.05, 0.1) is 13.5 Å². The molecule has 0 saturated heterocycles. The van der Waals surface area contributed by atoms with E-state index in [9.17, 15) is 4.79 Å². The number of carbonyl (C=O) groups is 1. The Morgan fingerprint density at radius 2 is 2.22 bits per heavy atom. The summed E-state index contributed by atoms with van der Waals surface area (Å²) in [6, 6.07) is 6.15. The molecule has 3 nitrogen and oxygen atoms in total. The molecular formula is C15H18O3. The molecule has 0 heterocycles. The number of aliphatic carboxylic acids is 1. The van der Waals surface area contributed by atoms with Crippen molar-refractivity contribution in [3.8, 4) is 5.75 Å². The Balaban J connectivity index is 2.01. The fraction of sp³-hybridized carbons (Fsp3) is 0.533. The molecule has 1 N–H and O–H groups in total. The van der Waals surface area contributed by atoms with Crippen LogP contribution >= 0.6 is 0 Å². The Morgan fingerprint density at radius 1 is 1.44 bits per heavy atom. The van der Waals surface area contributed by atoms with Crippen molar-refractivity contribution < 1.29 is 14.6 Å². The van der Waals surface area contributed by atoms with Gasteiger partial charge in [-0.05, 0) is 60.3 Å². The Hall–Kier alpha value is -1.51. The Morgan fingerprint density at radius 3 is 2.83 bits per heavy atom. The van der Waals surface area contributed by atoms with Crippen LogP contribution in [0.1, 0.15) is 49.1 Å². The van der Waals surface area contributed by atoms with Crippen LogP contribution < -0.4 is 4.74 Å².